The number of rotatable bonds is 3. The molecule has 0 radical (unpaired) electrons. The van der Waals surface area contributed by atoms with Gasteiger partial charge in [0.05, 0.1) is 12.7 Å². The summed E-state index contributed by atoms with van der Waals surface area (Å²) in [7, 11) is 0. The van der Waals surface area contributed by atoms with Crippen LogP contribution in [0.25, 0.3) is 33.1 Å². The Balaban J connectivity index is 1.56. The number of pyridine rings is 2. The molecular formula is C23H16N4O. The van der Waals surface area contributed by atoms with Crippen LogP contribution in [-0.4, -0.2) is 19.5 Å². The smallest absolute Gasteiger partial charge is 0.270 e. The molecular weight excluding hydrogens is 348 g/mol. The van der Waals surface area contributed by atoms with Crippen LogP contribution in [0.5, 0.6) is 0 Å². The van der Waals surface area contributed by atoms with E-state index in [1.165, 1.54) is 6.20 Å². The normalized spacial score (nSPS) is 11.1. The van der Waals surface area contributed by atoms with Crippen LogP contribution in [0, 0.1) is 0 Å². The highest BCUT2D eigenvalue weighted by Gasteiger charge is 2.07. The van der Waals surface area contributed by atoms with Crippen LogP contribution >= 0.6 is 0 Å². The molecule has 0 bridgehead atoms. The quantitative estimate of drug-likeness (QED) is 0.484. The maximum absolute atomic E-state index is 12.4. The van der Waals surface area contributed by atoms with E-state index in [0.717, 1.165) is 27.5 Å². The average Bonchev–Trinajstić information content (AvgIpc) is 2.76. The van der Waals surface area contributed by atoms with E-state index in [1.807, 2.05) is 36.5 Å². The van der Waals surface area contributed by atoms with Crippen LogP contribution in [0.1, 0.15) is 5.56 Å². The van der Waals surface area contributed by atoms with E-state index in [-0.39, 0.29) is 5.56 Å². The van der Waals surface area contributed by atoms with Crippen molar-refractivity contribution in [1.29, 1.82) is 0 Å². The molecule has 0 amide bonds. The van der Waals surface area contributed by atoms with Crippen molar-refractivity contribution in [1.82, 2.24) is 19.5 Å². The van der Waals surface area contributed by atoms with Gasteiger partial charge < -0.3 is 0 Å². The van der Waals surface area contributed by atoms with Crippen molar-refractivity contribution in [3.05, 3.63) is 101 Å². The predicted octanol–water partition coefficient (Wildman–Crippen LogP) is 4.06. The molecule has 0 aliphatic carbocycles. The zero-order chi connectivity index (χ0) is 18.9. The summed E-state index contributed by atoms with van der Waals surface area (Å²) in [5.74, 6) is 0. The number of aromatic nitrogens is 4. The molecule has 0 aliphatic rings. The lowest BCUT2D eigenvalue weighted by Crippen LogP contribution is -2.21. The maximum Gasteiger partial charge on any atom is 0.270 e. The first kappa shape index (κ1) is 16.3. The minimum Gasteiger partial charge on any atom is -0.286 e. The summed E-state index contributed by atoms with van der Waals surface area (Å²) in [6.45, 7) is 0.445. The molecule has 0 aliphatic heterocycles. The first-order valence-corrected chi connectivity index (χ1v) is 9.02. The molecule has 0 spiro atoms. The van der Waals surface area contributed by atoms with Crippen LogP contribution in [0.2, 0.25) is 0 Å². The Bertz CT molecular complexity index is 1370. The molecule has 3 aromatic heterocycles. The summed E-state index contributed by atoms with van der Waals surface area (Å²) in [6.07, 6.45) is 6.70. The highest BCUT2D eigenvalue weighted by atomic mass is 16.1. The molecule has 5 rings (SSSR count). The lowest BCUT2D eigenvalue weighted by Gasteiger charge is -2.10. The van der Waals surface area contributed by atoms with Gasteiger partial charge in [-0.2, -0.15) is 0 Å². The highest BCUT2D eigenvalue weighted by molar-refractivity contribution is 5.86. The van der Waals surface area contributed by atoms with E-state index in [4.69, 9.17) is 0 Å². The van der Waals surface area contributed by atoms with Crippen molar-refractivity contribution in [3.8, 4) is 11.1 Å². The van der Waals surface area contributed by atoms with Crippen LogP contribution in [0.3, 0.4) is 0 Å². The molecule has 5 heteroatoms. The number of hydrogen-bond donors (Lipinski definition) is 0. The van der Waals surface area contributed by atoms with Crippen molar-refractivity contribution >= 4 is 21.9 Å². The third-order valence-corrected chi connectivity index (χ3v) is 4.84. The van der Waals surface area contributed by atoms with E-state index in [0.29, 0.717) is 17.7 Å². The van der Waals surface area contributed by atoms with Gasteiger partial charge in [0.2, 0.25) is 0 Å². The summed E-state index contributed by atoms with van der Waals surface area (Å²) >= 11 is 0. The van der Waals surface area contributed by atoms with Gasteiger partial charge in [-0.15, -0.1) is 0 Å². The fourth-order valence-electron chi connectivity index (χ4n) is 3.44. The number of fused-ring (bicyclic) bond motifs is 2. The SMILES string of the molecule is O=c1cnc2cccnc2n1Cc1cccc(-c2ccc3cnccc3c2)c1. The standard InChI is InChI=1S/C23H16N4O/c28-22-14-26-21-5-2-9-25-23(21)27(22)15-16-3-1-4-17(11-16)18-6-7-20-13-24-10-8-19(20)12-18/h1-14H,15H2. The molecule has 0 fully saturated rings. The molecule has 3 heterocycles. The average molecular weight is 364 g/mol. The Morgan fingerprint density at radius 2 is 1.71 bits per heavy atom. The molecule has 5 aromatic rings. The zero-order valence-corrected chi connectivity index (χ0v) is 15.0. The fraction of sp³-hybridized carbons (Fsp3) is 0.0435. The first-order chi connectivity index (χ1) is 13.8. The third-order valence-electron chi connectivity index (χ3n) is 4.84. The van der Waals surface area contributed by atoms with E-state index in [2.05, 4.69) is 45.3 Å². The highest BCUT2D eigenvalue weighted by Crippen LogP contribution is 2.25. The summed E-state index contributed by atoms with van der Waals surface area (Å²) in [6, 6.07) is 20.3. The lowest BCUT2D eigenvalue weighted by atomic mass is 10.0. The first-order valence-electron chi connectivity index (χ1n) is 9.02. The summed E-state index contributed by atoms with van der Waals surface area (Å²) < 4.78 is 1.66. The van der Waals surface area contributed by atoms with E-state index in [1.54, 1.807) is 17.0 Å². The number of hydrogen-bond acceptors (Lipinski definition) is 4. The zero-order valence-electron chi connectivity index (χ0n) is 15.0. The minimum absolute atomic E-state index is 0.158. The second-order valence-corrected chi connectivity index (χ2v) is 6.67. The molecule has 0 saturated carbocycles. The molecule has 0 N–H and O–H groups in total. The molecule has 134 valence electrons. The van der Waals surface area contributed by atoms with Crippen molar-refractivity contribution in [3.63, 3.8) is 0 Å². The lowest BCUT2D eigenvalue weighted by molar-refractivity contribution is 0.775. The van der Waals surface area contributed by atoms with Gasteiger partial charge >= 0.3 is 0 Å². The fourth-order valence-corrected chi connectivity index (χ4v) is 3.44. The Morgan fingerprint density at radius 3 is 2.68 bits per heavy atom. The second-order valence-electron chi connectivity index (χ2n) is 6.67. The monoisotopic (exact) mass is 364 g/mol. The van der Waals surface area contributed by atoms with Gasteiger partial charge in [0, 0.05) is 24.0 Å². The van der Waals surface area contributed by atoms with E-state index >= 15 is 0 Å². The topological polar surface area (TPSA) is 60.7 Å². The van der Waals surface area contributed by atoms with Crippen molar-refractivity contribution in [2.24, 2.45) is 0 Å². The minimum atomic E-state index is -0.158. The van der Waals surface area contributed by atoms with Gasteiger partial charge in [0.25, 0.3) is 5.56 Å². The predicted molar refractivity (Wildman–Crippen MR) is 110 cm³/mol. The molecule has 28 heavy (non-hydrogen) atoms. The largest absolute Gasteiger partial charge is 0.286 e. The Labute approximate surface area is 161 Å². The number of nitrogens with zero attached hydrogens (tertiary/aromatic N) is 4. The second kappa shape index (κ2) is 6.70. The van der Waals surface area contributed by atoms with Gasteiger partial charge in [-0.3, -0.25) is 14.3 Å². The van der Waals surface area contributed by atoms with Gasteiger partial charge in [-0.1, -0.05) is 30.3 Å². The molecule has 5 nitrogen and oxygen atoms in total. The molecule has 0 atom stereocenters. The third kappa shape index (κ3) is 2.93. The van der Waals surface area contributed by atoms with Gasteiger partial charge in [0.1, 0.15) is 5.52 Å². The molecule has 2 aromatic carbocycles. The van der Waals surface area contributed by atoms with Crippen molar-refractivity contribution in [2.45, 2.75) is 6.54 Å². The summed E-state index contributed by atoms with van der Waals surface area (Å²) in [5.41, 5.74) is 4.42. The van der Waals surface area contributed by atoms with Crippen LogP contribution < -0.4 is 5.56 Å². The van der Waals surface area contributed by atoms with Gasteiger partial charge in [-0.05, 0) is 52.4 Å². The van der Waals surface area contributed by atoms with E-state index < -0.39 is 0 Å². The Hall–Kier alpha value is -3.86. The molecule has 0 unspecified atom stereocenters. The van der Waals surface area contributed by atoms with Gasteiger partial charge in [-0.25, -0.2) is 9.97 Å². The Morgan fingerprint density at radius 1 is 0.786 bits per heavy atom. The van der Waals surface area contributed by atoms with Crippen molar-refractivity contribution in [2.75, 3.05) is 0 Å². The summed E-state index contributed by atoms with van der Waals surface area (Å²) in [4.78, 5) is 25.1. The van der Waals surface area contributed by atoms with Crippen LogP contribution in [-0.2, 0) is 6.54 Å². The van der Waals surface area contributed by atoms with Gasteiger partial charge in [0.15, 0.2) is 5.65 Å². The van der Waals surface area contributed by atoms with Crippen LogP contribution in [0.15, 0.2) is 90.2 Å². The van der Waals surface area contributed by atoms with Crippen LogP contribution in [0.4, 0.5) is 0 Å². The number of benzene rings is 2. The molecule has 0 saturated heterocycles. The maximum atomic E-state index is 12.4. The Kier molecular flexibility index (Phi) is 3.91. The van der Waals surface area contributed by atoms with E-state index in [9.17, 15) is 4.79 Å². The van der Waals surface area contributed by atoms with Crippen molar-refractivity contribution < 1.29 is 0 Å². The summed E-state index contributed by atoms with van der Waals surface area (Å²) in [5, 5.41) is 2.27.